The van der Waals surface area contributed by atoms with E-state index in [2.05, 4.69) is 15.4 Å². The first-order valence-corrected chi connectivity index (χ1v) is 8.08. The monoisotopic (exact) mass is 367 g/mol. The molecule has 0 aliphatic rings. The highest BCUT2D eigenvalue weighted by molar-refractivity contribution is 6.31. The summed E-state index contributed by atoms with van der Waals surface area (Å²) in [7, 11) is 0. The van der Waals surface area contributed by atoms with E-state index in [1.807, 2.05) is 6.07 Å². The van der Waals surface area contributed by atoms with Crippen LogP contribution in [-0.4, -0.2) is 20.7 Å². The summed E-state index contributed by atoms with van der Waals surface area (Å²) in [6, 6.07) is 10.2. The molecule has 2 heterocycles. The Hall–Kier alpha value is -3.37. The predicted molar refractivity (Wildman–Crippen MR) is 96.3 cm³/mol. The summed E-state index contributed by atoms with van der Waals surface area (Å²) in [5, 5.41) is 16.3. The van der Waals surface area contributed by atoms with E-state index >= 15 is 0 Å². The molecule has 0 aliphatic heterocycles. The average Bonchev–Trinajstić information content (AvgIpc) is 3.02. The van der Waals surface area contributed by atoms with E-state index < -0.39 is 0 Å². The lowest BCUT2D eigenvalue weighted by Gasteiger charge is -2.04. The van der Waals surface area contributed by atoms with Gasteiger partial charge in [-0.2, -0.15) is 10.4 Å². The Bertz CT molecular complexity index is 1080. The summed E-state index contributed by atoms with van der Waals surface area (Å²) >= 11 is 6.05. The second-order valence-electron chi connectivity index (χ2n) is 5.56. The highest BCUT2D eigenvalue weighted by atomic mass is 35.5. The molecule has 7 nitrogen and oxygen atoms in total. The van der Waals surface area contributed by atoms with Crippen LogP contribution in [0.4, 0.5) is 0 Å². The van der Waals surface area contributed by atoms with Gasteiger partial charge in [0.25, 0.3) is 11.5 Å². The molecular weight excluding hydrogens is 354 g/mol. The highest BCUT2D eigenvalue weighted by Crippen LogP contribution is 2.20. The zero-order chi connectivity index (χ0) is 18.7. The van der Waals surface area contributed by atoms with Gasteiger partial charge in [0.1, 0.15) is 6.07 Å². The van der Waals surface area contributed by atoms with Crippen molar-refractivity contribution in [2.24, 2.45) is 0 Å². The number of aromatic amines is 1. The molecule has 130 valence electrons. The quantitative estimate of drug-likeness (QED) is 0.738. The third kappa shape index (κ3) is 3.50. The smallest absolute Gasteiger partial charge is 0.255 e. The first kappa shape index (κ1) is 17.5. The number of nitrogens with zero attached hydrogens (tertiary/aromatic N) is 3. The fraction of sp³-hybridized carbons (Fsp3) is 0.111. The molecule has 3 rings (SSSR count). The standard InChI is InChI=1S/C18H14ClN5O2/c1-11-15(18(26)22-9-13-3-2-6-21-17(13)25)10-24(23-11)14-5-4-12(8-20)16(19)7-14/h2-7,10H,9H2,1H3,(H,21,25)(H,22,26). The SMILES string of the molecule is Cc1nn(-c2ccc(C#N)c(Cl)c2)cc1C(=O)NCc1ccc[nH]c1=O. The average molecular weight is 368 g/mol. The fourth-order valence-electron chi connectivity index (χ4n) is 2.42. The molecule has 2 aromatic heterocycles. The van der Waals surface area contributed by atoms with Gasteiger partial charge in [0.15, 0.2) is 0 Å². The van der Waals surface area contributed by atoms with Gasteiger partial charge < -0.3 is 10.3 Å². The lowest BCUT2D eigenvalue weighted by atomic mass is 10.2. The molecule has 3 aromatic rings. The van der Waals surface area contributed by atoms with Crippen molar-refractivity contribution in [3.63, 3.8) is 0 Å². The van der Waals surface area contributed by atoms with Gasteiger partial charge in [0.05, 0.1) is 27.5 Å². The maximum Gasteiger partial charge on any atom is 0.255 e. The Kier molecular flexibility index (Phi) is 4.87. The number of halogens is 1. The third-order valence-electron chi connectivity index (χ3n) is 3.82. The summed E-state index contributed by atoms with van der Waals surface area (Å²) in [5.41, 5.74) is 2.14. The Labute approximate surface area is 153 Å². The van der Waals surface area contributed by atoms with Crippen LogP contribution < -0.4 is 10.9 Å². The molecule has 26 heavy (non-hydrogen) atoms. The molecule has 0 fully saturated rings. The molecule has 0 saturated heterocycles. The van der Waals surface area contributed by atoms with Crippen LogP contribution in [0, 0.1) is 18.3 Å². The predicted octanol–water partition coefficient (Wildman–Crippen LogP) is 2.32. The number of hydrogen-bond acceptors (Lipinski definition) is 4. The zero-order valence-corrected chi connectivity index (χ0v) is 14.5. The van der Waals surface area contributed by atoms with Crippen LogP contribution in [0.15, 0.2) is 47.5 Å². The minimum Gasteiger partial charge on any atom is -0.348 e. The molecular formula is C18H14ClN5O2. The van der Waals surface area contributed by atoms with Crippen molar-refractivity contribution < 1.29 is 4.79 Å². The van der Waals surface area contributed by atoms with E-state index in [4.69, 9.17) is 16.9 Å². The normalized spacial score (nSPS) is 10.3. The Morgan fingerprint density at radius 1 is 1.42 bits per heavy atom. The van der Waals surface area contributed by atoms with Crippen molar-refractivity contribution in [3.8, 4) is 11.8 Å². The van der Waals surface area contributed by atoms with Crippen LogP contribution >= 0.6 is 11.6 Å². The molecule has 1 aromatic carbocycles. The first-order valence-electron chi connectivity index (χ1n) is 7.70. The molecule has 0 unspecified atom stereocenters. The molecule has 0 saturated carbocycles. The lowest BCUT2D eigenvalue weighted by Crippen LogP contribution is -2.26. The second-order valence-corrected chi connectivity index (χ2v) is 5.96. The first-order chi connectivity index (χ1) is 12.5. The number of H-pyrrole nitrogens is 1. The number of benzene rings is 1. The Morgan fingerprint density at radius 3 is 2.92 bits per heavy atom. The number of nitriles is 1. The van der Waals surface area contributed by atoms with E-state index in [1.165, 1.54) is 10.9 Å². The van der Waals surface area contributed by atoms with E-state index in [1.54, 1.807) is 43.5 Å². The van der Waals surface area contributed by atoms with Gasteiger partial charge in [-0.15, -0.1) is 0 Å². The van der Waals surface area contributed by atoms with Crippen LogP contribution in [0.2, 0.25) is 5.02 Å². The van der Waals surface area contributed by atoms with Crippen molar-refractivity contribution in [1.29, 1.82) is 5.26 Å². The van der Waals surface area contributed by atoms with E-state index in [9.17, 15) is 9.59 Å². The number of amides is 1. The largest absolute Gasteiger partial charge is 0.348 e. The van der Waals surface area contributed by atoms with Gasteiger partial charge in [0.2, 0.25) is 0 Å². The Balaban J connectivity index is 1.80. The molecule has 0 bridgehead atoms. The summed E-state index contributed by atoms with van der Waals surface area (Å²) in [6.45, 7) is 1.83. The molecule has 0 atom stereocenters. The molecule has 0 radical (unpaired) electrons. The van der Waals surface area contributed by atoms with Crippen molar-refractivity contribution >= 4 is 17.5 Å². The summed E-state index contributed by atoms with van der Waals surface area (Å²) in [5.74, 6) is -0.336. The van der Waals surface area contributed by atoms with Gasteiger partial charge >= 0.3 is 0 Å². The fourth-order valence-corrected chi connectivity index (χ4v) is 2.64. The van der Waals surface area contributed by atoms with Gasteiger partial charge in [-0.25, -0.2) is 4.68 Å². The minimum absolute atomic E-state index is 0.113. The lowest BCUT2D eigenvalue weighted by molar-refractivity contribution is 0.0950. The van der Waals surface area contributed by atoms with Gasteiger partial charge in [0, 0.05) is 24.5 Å². The maximum atomic E-state index is 12.4. The van der Waals surface area contributed by atoms with Gasteiger partial charge in [-0.05, 0) is 31.2 Å². The summed E-state index contributed by atoms with van der Waals surface area (Å²) in [4.78, 5) is 26.6. The van der Waals surface area contributed by atoms with Crippen LogP contribution in [0.25, 0.3) is 5.69 Å². The van der Waals surface area contributed by atoms with E-state index in [0.717, 1.165) is 0 Å². The molecule has 2 N–H and O–H groups in total. The molecule has 0 spiro atoms. The van der Waals surface area contributed by atoms with Crippen LogP contribution in [0.5, 0.6) is 0 Å². The number of rotatable bonds is 4. The van der Waals surface area contributed by atoms with Gasteiger partial charge in [-0.1, -0.05) is 17.7 Å². The third-order valence-corrected chi connectivity index (χ3v) is 4.13. The van der Waals surface area contributed by atoms with E-state index in [0.29, 0.717) is 33.1 Å². The van der Waals surface area contributed by atoms with Crippen molar-refractivity contribution in [1.82, 2.24) is 20.1 Å². The number of nitrogens with one attached hydrogen (secondary N) is 2. The minimum atomic E-state index is -0.336. The van der Waals surface area contributed by atoms with Gasteiger partial charge in [-0.3, -0.25) is 9.59 Å². The maximum absolute atomic E-state index is 12.4. The number of aromatic nitrogens is 3. The van der Waals surface area contributed by atoms with Crippen LogP contribution in [0.3, 0.4) is 0 Å². The van der Waals surface area contributed by atoms with Crippen LogP contribution in [0.1, 0.15) is 27.2 Å². The topological polar surface area (TPSA) is 104 Å². The van der Waals surface area contributed by atoms with Crippen molar-refractivity contribution in [3.05, 3.63) is 80.5 Å². The van der Waals surface area contributed by atoms with Crippen molar-refractivity contribution in [2.45, 2.75) is 13.5 Å². The summed E-state index contributed by atoms with van der Waals surface area (Å²) < 4.78 is 1.52. The number of aryl methyl sites for hydroxylation is 1. The second kappa shape index (κ2) is 7.25. The number of carbonyl (C=O) groups is 1. The molecule has 0 aliphatic carbocycles. The summed E-state index contributed by atoms with van der Waals surface area (Å²) in [6.07, 6.45) is 3.11. The zero-order valence-electron chi connectivity index (χ0n) is 13.8. The molecule has 1 amide bonds. The number of hydrogen-bond donors (Lipinski definition) is 2. The van der Waals surface area contributed by atoms with Crippen LogP contribution in [-0.2, 0) is 6.54 Å². The highest BCUT2D eigenvalue weighted by Gasteiger charge is 2.15. The Morgan fingerprint density at radius 2 is 2.23 bits per heavy atom. The van der Waals surface area contributed by atoms with Crippen molar-refractivity contribution in [2.75, 3.05) is 0 Å². The molecule has 8 heteroatoms. The van der Waals surface area contributed by atoms with E-state index in [-0.39, 0.29) is 18.0 Å². The number of pyridine rings is 1. The number of carbonyl (C=O) groups excluding carboxylic acids is 1.